The van der Waals surface area contributed by atoms with Gasteiger partial charge in [0.05, 0.1) is 23.5 Å². The third kappa shape index (κ3) is 1.48. The summed E-state index contributed by atoms with van der Waals surface area (Å²) in [6.07, 6.45) is 3.72. The predicted octanol–water partition coefficient (Wildman–Crippen LogP) is 2.59. The molecule has 0 fully saturated rings. The summed E-state index contributed by atoms with van der Waals surface area (Å²) in [4.78, 5) is 4.48. The van der Waals surface area contributed by atoms with Crippen molar-refractivity contribution in [3.05, 3.63) is 47.8 Å². The number of nitrogen functional groups attached to an aromatic ring is 1. The second-order valence-corrected chi connectivity index (χ2v) is 6.09. The fraction of sp³-hybridized carbons (Fsp3) is 0.105. The molecule has 6 heteroatoms. The van der Waals surface area contributed by atoms with E-state index in [2.05, 4.69) is 15.5 Å². The summed E-state index contributed by atoms with van der Waals surface area (Å²) >= 11 is 0. The van der Waals surface area contributed by atoms with Crippen LogP contribution in [0.3, 0.4) is 0 Å². The molecule has 3 heterocycles. The van der Waals surface area contributed by atoms with Crippen LogP contribution in [0.5, 0.6) is 5.75 Å². The number of benzene rings is 2. The summed E-state index contributed by atoms with van der Waals surface area (Å²) in [5, 5.41) is 10.5. The highest BCUT2D eigenvalue weighted by Crippen LogP contribution is 2.34. The molecule has 3 aromatic heterocycles. The van der Waals surface area contributed by atoms with Gasteiger partial charge in [-0.15, -0.1) is 0 Å². The molecule has 0 saturated heterocycles. The number of nitrogens with two attached hydrogens (primary N) is 1. The molecular weight excluding hydrogens is 314 g/mol. The lowest BCUT2D eigenvalue weighted by Gasteiger charge is -2.13. The minimum Gasteiger partial charge on any atom is -0.496 e. The van der Waals surface area contributed by atoms with Gasteiger partial charge in [-0.3, -0.25) is 10.7 Å². The second-order valence-electron chi connectivity index (χ2n) is 6.09. The zero-order valence-corrected chi connectivity index (χ0v) is 13.7. The van der Waals surface area contributed by atoms with Gasteiger partial charge < -0.3 is 9.14 Å². The Morgan fingerprint density at radius 2 is 2.08 bits per heavy atom. The second kappa shape index (κ2) is 4.48. The van der Waals surface area contributed by atoms with Gasteiger partial charge in [-0.05, 0) is 31.2 Å². The van der Waals surface area contributed by atoms with E-state index in [4.69, 9.17) is 10.5 Å². The van der Waals surface area contributed by atoms with Crippen molar-refractivity contribution < 1.29 is 9.14 Å². The van der Waals surface area contributed by atoms with Crippen LogP contribution in [0.4, 0.5) is 5.82 Å². The Bertz CT molecular complexity index is 1360. The summed E-state index contributed by atoms with van der Waals surface area (Å²) in [7, 11) is 1.65. The quantitative estimate of drug-likeness (QED) is 0.291. The fourth-order valence-electron chi connectivity index (χ4n) is 3.88. The van der Waals surface area contributed by atoms with Crippen LogP contribution in [0, 0.1) is 18.3 Å². The summed E-state index contributed by atoms with van der Waals surface area (Å²) in [5.74, 6) is 1.22. The van der Waals surface area contributed by atoms with E-state index in [0.717, 1.165) is 44.3 Å². The average Bonchev–Trinajstić information content (AvgIpc) is 2.93. The fourth-order valence-corrected chi connectivity index (χ4v) is 3.88. The Morgan fingerprint density at radius 1 is 1.24 bits per heavy atom. The predicted molar refractivity (Wildman–Crippen MR) is 95.0 cm³/mol. The van der Waals surface area contributed by atoms with Gasteiger partial charge in [0.1, 0.15) is 17.3 Å². The summed E-state index contributed by atoms with van der Waals surface area (Å²) in [6.45, 7) is 2.00. The zero-order valence-electron chi connectivity index (χ0n) is 13.7. The van der Waals surface area contributed by atoms with Crippen molar-refractivity contribution in [3.8, 4) is 11.8 Å². The van der Waals surface area contributed by atoms with Gasteiger partial charge in [-0.25, -0.2) is 0 Å². The lowest BCUT2D eigenvalue weighted by atomic mass is 10.1. The molecule has 0 spiro atoms. The smallest absolute Gasteiger partial charge is 0.297 e. The first kappa shape index (κ1) is 13.8. The van der Waals surface area contributed by atoms with E-state index in [-0.39, 0.29) is 0 Å². The molecule has 6 nitrogen and oxygen atoms in total. The summed E-state index contributed by atoms with van der Waals surface area (Å²) < 4.78 is 9.57. The number of hydrogen-bond acceptors (Lipinski definition) is 4. The molecular formula is C19H14N5O+. The highest BCUT2D eigenvalue weighted by Gasteiger charge is 2.28. The van der Waals surface area contributed by atoms with Crippen molar-refractivity contribution in [3.63, 3.8) is 0 Å². The molecule has 0 radical (unpaired) electrons. The first-order chi connectivity index (χ1) is 12.2. The molecule has 25 heavy (non-hydrogen) atoms. The Kier molecular flexibility index (Phi) is 2.48. The monoisotopic (exact) mass is 328 g/mol. The van der Waals surface area contributed by atoms with E-state index in [0.29, 0.717) is 11.4 Å². The molecule has 5 rings (SSSR count). The number of hydrogen-bond donors (Lipinski definition) is 1. The molecule has 0 saturated carbocycles. The van der Waals surface area contributed by atoms with Crippen LogP contribution in [0.15, 0.2) is 36.7 Å². The van der Waals surface area contributed by atoms with E-state index in [1.54, 1.807) is 13.3 Å². The van der Waals surface area contributed by atoms with Crippen molar-refractivity contribution in [2.24, 2.45) is 0 Å². The van der Waals surface area contributed by atoms with Crippen LogP contribution in [0.25, 0.3) is 33.0 Å². The zero-order chi connectivity index (χ0) is 17.3. The SMILES string of the molecule is COc1ccc2c(c1C)[n+]1c(N)c(C#N)c3ccc4nccn2c4c31. The molecule has 0 bridgehead atoms. The molecule has 0 aliphatic rings. The molecule has 2 aromatic carbocycles. The molecule has 0 atom stereocenters. The van der Waals surface area contributed by atoms with Crippen LogP contribution in [0.2, 0.25) is 0 Å². The largest absolute Gasteiger partial charge is 0.496 e. The van der Waals surface area contributed by atoms with Crippen LogP contribution in [-0.2, 0) is 0 Å². The maximum absolute atomic E-state index is 9.64. The molecule has 2 N–H and O–H groups in total. The van der Waals surface area contributed by atoms with Gasteiger partial charge in [0.2, 0.25) is 0 Å². The number of rotatable bonds is 1. The first-order valence-corrected chi connectivity index (χ1v) is 7.89. The first-order valence-electron chi connectivity index (χ1n) is 7.89. The maximum atomic E-state index is 9.64. The number of nitrogens with zero attached hydrogens (tertiary/aromatic N) is 4. The lowest BCUT2D eigenvalue weighted by Crippen LogP contribution is -2.27. The third-order valence-electron chi connectivity index (χ3n) is 4.97. The van der Waals surface area contributed by atoms with Crippen LogP contribution in [-0.4, -0.2) is 16.5 Å². The summed E-state index contributed by atoms with van der Waals surface area (Å²) in [5.41, 5.74) is 12.5. The molecule has 0 aliphatic heterocycles. The Balaban J connectivity index is 2.27. The summed E-state index contributed by atoms with van der Waals surface area (Å²) in [6, 6.07) is 10.1. The number of fused-ring (bicyclic) bond motifs is 3. The Morgan fingerprint density at radius 3 is 2.84 bits per heavy atom. The minimum atomic E-state index is 0.442. The van der Waals surface area contributed by atoms with E-state index in [1.165, 1.54) is 0 Å². The highest BCUT2D eigenvalue weighted by atomic mass is 16.5. The Labute approximate surface area is 142 Å². The van der Waals surface area contributed by atoms with E-state index in [1.807, 2.05) is 41.8 Å². The molecule has 0 amide bonds. The minimum absolute atomic E-state index is 0.442. The Hall–Kier alpha value is -3.59. The number of methoxy groups -OCH3 is 1. The number of nitriles is 1. The lowest BCUT2D eigenvalue weighted by molar-refractivity contribution is -0.460. The van der Waals surface area contributed by atoms with Crippen molar-refractivity contribution in [1.82, 2.24) is 9.38 Å². The van der Waals surface area contributed by atoms with Gasteiger partial charge >= 0.3 is 0 Å². The maximum Gasteiger partial charge on any atom is 0.297 e. The topological polar surface area (TPSA) is 80.4 Å². The molecule has 120 valence electrons. The van der Waals surface area contributed by atoms with E-state index in [9.17, 15) is 5.26 Å². The van der Waals surface area contributed by atoms with Gasteiger partial charge in [0, 0.05) is 18.0 Å². The third-order valence-corrected chi connectivity index (χ3v) is 4.97. The molecule has 5 aromatic rings. The standard InChI is InChI=1S/C19H13N5O/c1-10-15(25-2)6-5-14-16(10)24-17-11(12(9-20)19(24)21)3-4-13-18(17)23(14)8-7-22-13/h3-8,21H,1-2H3/p+1. The van der Waals surface area contributed by atoms with Gasteiger partial charge in [-0.2, -0.15) is 9.66 Å². The van der Waals surface area contributed by atoms with E-state index >= 15 is 0 Å². The number of ether oxygens (including phenoxy) is 1. The molecule has 0 unspecified atom stereocenters. The van der Waals surface area contributed by atoms with Crippen LogP contribution in [0.1, 0.15) is 11.1 Å². The van der Waals surface area contributed by atoms with Crippen molar-refractivity contribution in [2.75, 3.05) is 12.8 Å². The normalized spacial score (nSPS) is 11.7. The van der Waals surface area contributed by atoms with Gasteiger partial charge in [-0.1, -0.05) is 0 Å². The van der Waals surface area contributed by atoms with Gasteiger partial charge in [0.15, 0.2) is 16.6 Å². The van der Waals surface area contributed by atoms with Crippen LogP contribution >= 0.6 is 0 Å². The number of aromatic nitrogens is 3. The van der Waals surface area contributed by atoms with E-state index < -0.39 is 0 Å². The van der Waals surface area contributed by atoms with Crippen molar-refractivity contribution in [1.29, 1.82) is 5.26 Å². The van der Waals surface area contributed by atoms with Crippen LogP contribution < -0.4 is 14.9 Å². The van der Waals surface area contributed by atoms with Crippen molar-refractivity contribution >= 4 is 38.8 Å². The van der Waals surface area contributed by atoms with Crippen molar-refractivity contribution in [2.45, 2.75) is 6.92 Å². The van der Waals surface area contributed by atoms with Gasteiger partial charge in [0.25, 0.3) is 5.82 Å². The molecule has 0 aliphatic carbocycles. The average molecular weight is 328 g/mol. The number of aryl methyl sites for hydroxylation is 1. The highest BCUT2D eigenvalue weighted by molar-refractivity contribution is 6.06. The number of anilines is 1.